The molecule has 0 bridgehead atoms. The van der Waals surface area contributed by atoms with E-state index in [0.29, 0.717) is 17.9 Å². The molecule has 0 amide bonds. The largest absolute Gasteiger partial charge is 0.469 e. The van der Waals surface area contributed by atoms with Gasteiger partial charge in [-0.05, 0) is 60.9 Å². The van der Waals surface area contributed by atoms with Crippen LogP contribution in [0, 0.1) is 5.92 Å². The molecule has 2 aromatic carbocycles. The highest BCUT2D eigenvalue weighted by molar-refractivity contribution is 9.10. The SMILES string of the molecule is COC(=O)CC(S[C@H](CCc1ccccc1C(=O)OC)c1cccc(Br)c1)C1CC1. The van der Waals surface area contributed by atoms with Crippen molar-refractivity contribution in [3.8, 4) is 0 Å². The number of carbonyl (C=O) groups excluding carboxylic acids is 2. The number of halogens is 1. The third kappa shape index (κ3) is 6.35. The van der Waals surface area contributed by atoms with Gasteiger partial charge < -0.3 is 9.47 Å². The van der Waals surface area contributed by atoms with Gasteiger partial charge >= 0.3 is 11.9 Å². The molecule has 0 aromatic heterocycles. The lowest BCUT2D eigenvalue weighted by Crippen LogP contribution is -2.16. The Labute approximate surface area is 190 Å². The van der Waals surface area contributed by atoms with Gasteiger partial charge in [0, 0.05) is 15.0 Å². The third-order valence-corrected chi connectivity index (χ3v) is 7.63. The van der Waals surface area contributed by atoms with Crippen molar-refractivity contribution in [3.05, 3.63) is 69.7 Å². The fourth-order valence-corrected chi connectivity index (χ4v) is 5.73. The van der Waals surface area contributed by atoms with E-state index < -0.39 is 0 Å². The molecule has 0 radical (unpaired) electrons. The molecule has 0 N–H and O–H groups in total. The van der Waals surface area contributed by atoms with E-state index in [1.807, 2.05) is 48.2 Å². The van der Waals surface area contributed by atoms with Gasteiger partial charge in [0.1, 0.15) is 0 Å². The molecule has 3 rings (SSSR count). The first-order valence-corrected chi connectivity index (χ1v) is 11.9. The van der Waals surface area contributed by atoms with Crippen molar-refractivity contribution in [2.75, 3.05) is 14.2 Å². The Hall–Kier alpha value is -1.79. The molecule has 2 aromatic rings. The summed E-state index contributed by atoms with van der Waals surface area (Å²) in [4.78, 5) is 24.1. The zero-order chi connectivity index (χ0) is 21.5. The van der Waals surface area contributed by atoms with Crippen molar-refractivity contribution in [2.24, 2.45) is 5.92 Å². The first-order valence-electron chi connectivity index (χ1n) is 10.2. The van der Waals surface area contributed by atoms with Crippen LogP contribution in [0.15, 0.2) is 53.0 Å². The number of methoxy groups -OCH3 is 2. The van der Waals surface area contributed by atoms with Crippen molar-refractivity contribution < 1.29 is 19.1 Å². The summed E-state index contributed by atoms with van der Waals surface area (Å²) in [7, 11) is 2.86. The van der Waals surface area contributed by atoms with Crippen molar-refractivity contribution in [1.82, 2.24) is 0 Å². The lowest BCUT2D eigenvalue weighted by Gasteiger charge is -2.24. The molecule has 30 heavy (non-hydrogen) atoms. The van der Waals surface area contributed by atoms with Crippen LogP contribution < -0.4 is 0 Å². The Bertz CT molecular complexity index is 881. The fourth-order valence-electron chi connectivity index (χ4n) is 3.61. The highest BCUT2D eigenvalue weighted by Crippen LogP contribution is 2.47. The van der Waals surface area contributed by atoms with Crippen LogP contribution in [0.25, 0.3) is 0 Å². The molecule has 0 aliphatic heterocycles. The number of aryl methyl sites for hydroxylation is 1. The highest BCUT2D eigenvalue weighted by atomic mass is 79.9. The second-order valence-corrected chi connectivity index (χ2v) is 9.89. The summed E-state index contributed by atoms with van der Waals surface area (Å²) in [5, 5.41) is 0.459. The summed E-state index contributed by atoms with van der Waals surface area (Å²) < 4.78 is 10.9. The Morgan fingerprint density at radius 1 is 1.10 bits per heavy atom. The second-order valence-electron chi connectivity index (χ2n) is 7.52. The molecule has 1 aliphatic carbocycles. The third-order valence-electron chi connectivity index (χ3n) is 5.40. The van der Waals surface area contributed by atoms with Crippen LogP contribution in [0.3, 0.4) is 0 Å². The van der Waals surface area contributed by atoms with Gasteiger partial charge in [-0.3, -0.25) is 4.79 Å². The molecule has 4 nitrogen and oxygen atoms in total. The summed E-state index contributed by atoms with van der Waals surface area (Å²) in [6.07, 6.45) is 4.40. The van der Waals surface area contributed by atoms with Crippen molar-refractivity contribution in [3.63, 3.8) is 0 Å². The average Bonchev–Trinajstić information content (AvgIpc) is 3.60. The predicted octanol–water partition coefficient (Wildman–Crippen LogP) is 5.98. The standard InChI is InChI=1S/C24H27BrO4S/c1-28-23(26)15-22(17-10-11-17)30-21(18-7-5-8-19(25)14-18)13-12-16-6-3-4-9-20(16)24(27)29-2/h3-9,14,17,21-22H,10-13,15H2,1-2H3/t21-,22?/m1/s1. The zero-order valence-corrected chi connectivity index (χ0v) is 19.7. The number of benzene rings is 2. The van der Waals surface area contributed by atoms with Crippen LogP contribution >= 0.6 is 27.7 Å². The molecule has 1 aliphatic rings. The molecule has 6 heteroatoms. The van der Waals surface area contributed by atoms with Gasteiger partial charge in [-0.2, -0.15) is 0 Å². The maximum absolute atomic E-state index is 12.1. The lowest BCUT2D eigenvalue weighted by molar-refractivity contribution is -0.140. The number of hydrogen-bond acceptors (Lipinski definition) is 5. The first kappa shape index (κ1) is 22.9. The Morgan fingerprint density at radius 3 is 2.53 bits per heavy atom. The van der Waals surface area contributed by atoms with Crippen molar-refractivity contribution >= 4 is 39.6 Å². The zero-order valence-electron chi connectivity index (χ0n) is 17.3. The van der Waals surface area contributed by atoms with Gasteiger partial charge in [-0.25, -0.2) is 4.79 Å². The smallest absolute Gasteiger partial charge is 0.338 e. The Balaban J connectivity index is 1.80. The average molecular weight is 491 g/mol. The fraction of sp³-hybridized carbons (Fsp3) is 0.417. The van der Waals surface area contributed by atoms with E-state index in [0.717, 1.165) is 22.9 Å². The van der Waals surface area contributed by atoms with E-state index in [2.05, 4.69) is 28.1 Å². The van der Waals surface area contributed by atoms with Gasteiger partial charge in [0.2, 0.25) is 0 Å². The summed E-state index contributed by atoms with van der Waals surface area (Å²) >= 11 is 5.45. The van der Waals surface area contributed by atoms with Gasteiger partial charge in [-0.1, -0.05) is 46.3 Å². The minimum atomic E-state index is -0.307. The molecule has 0 heterocycles. The molecule has 2 atom stereocenters. The number of hydrogen-bond donors (Lipinski definition) is 0. The maximum Gasteiger partial charge on any atom is 0.338 e. The van der Waals surface area contributed by atoms with Crippen LogP contribution in [0.2, 0.25) is 0 Å². The minimum absolute atomic E-state index is 0.150. The summed E-state index contributed by atoms with van der Waals surface area (Å²) in [6.45, 7) is 0. The molecule has 0 saturated heterocycles. The summed E-state index contributed by atoms with van der Waals surface area (Å²) in [5.41, 5.74) is 2.83. The quantitative estimate of drug-likeness (QED) is 0.383. The molecule has 160 valence electrons. The highest BCUT2D eigenvalue weighted by Gasteiger charge is 2.35. The predicted molar refractivity (Wildman–Crippen MR) is 124 cm³/mol. The molecule has 0 spiro atoms. The van der Waals surface area contributed by atoms with Crippen LogP contribution in [-0.4, -0.2) is 31.4 Å². The monoisotopic (exact) mass is 490 g/mol. The number of ether oxygens (including phenoxy) is 2. The van der Waals surface area contributed by atoms with Crippen LogP contribution in [0.5, 0.6) is 0 Å². The minimum Gasteiger partial charge on any atom is -0.469 e. The lowest BCUT2D eigenvalue weighted by atomic mass is 9.99. The van der Waals surface area contributed by atoms with E-state index in [-0.39, 0.29) is 22.4 Å². The second kappa shape index (κ2) is 11.0. The molecule has 1 saturated carbocycles. The van der Waals surface area contributed by atoms with Crippen LogP contribution in [0.1, 0.15) is 52.4 Å². The Morgan fingerprint density at radius 2 is 1.87 bits per heavy atom. The number of thioether (sulfide) groups is 1. The van der Waals surface area contributed by atoms with E-state index >= 15 is 0 Å². The molecule has 1 fully saturated rings. The normalized spacial score (nSPS) is 15.3. The van der Waals surface area contributed by atoms with Gasteiger partial charge in [0.05, 0.1) is 26.2 Å². The number of carbonyl (C=O) groups is 2. The van der Waals surface area contributed by atoms with Crippen molar-refractivity contribution in [1.29, 1.82) is 0 Å². The molecular weight excluding hydrogens is 464 g/mol. The van der Waals surface area contributed by atoms with Gasteiger partial charge in [0.15, 0.2) is 0 Å². The van der Waals surface area contributed by atoms with E-state index in [4.69, 9.17) is 9.47 Å². The van der Waals surface area contributed by atoms with E-state index in [1.54, 1.807) is 0 Å². The molecule has 1 unspecified atom stereocenters. The first-order chi connectivity index (χ1) is 14.5. The Kier molecular flexibility index (Phi) is 8.40. The van der Waals surface area contributed by atoms with Gasteiger partial charge in [-0.15, -0.1) is 11.8 Å². The summed E-state index contributed by atoms with van der Waals surface area (Å²) in [5.74, 6) is 0.119. The topological polar surface area (TPSA) is 52.6 Å². The van der Waals surface area contributed by atoms with Crippen LogP contribution in [-0.2, 0) is 20.7 Å². The van der Waals surface area contributed by atoms with E-state index in [9.17, 15) is 9.59 Å². The molecular formula is C24H27BrO4S. The van der Waals surface area contributed by atoms with Gasteiger partial charge in [0.25, 0.3) is 0 Å². The summed E-state index contributed by atoms with van der Waals surface area (Å²) in [6, 6.07) is 16.0. The van der Waals surface area contributed by atoms with Crippen LogP contribution in [0.4, 0.5) is 0 Å². The number of esters is 2. The maximum atomic E-state index is 12.1. The van der Waals surface area contributed by atoms with Crippen molar-refractivity contribution in [2.45, 2.75) is 42.6 Å². The number of rotatable bonds is 10. The van der Waals surface area contributed by atoms with E-state index in [1.165, 1.54) is 32.6 Å².